The molecule has 1 aliphatic heterocycles. The smallest absolute Gasteiger partial charge is 0.284 e. The van der Waals surface area contributed by atoms with Crippen molar-refractivity contribution >= 4 is 74.2 Å². The molecule has 0 radical (unpaired) electrons. The van der Waals surface area contributed by atoms with Gasteiger partial charge in [0.05, 0.1) is 11.2 Å². The quantitative estimate of drug-likeness (QED) is 0.199. The first-order valence-electron chi connectivity index (χ1n) is 20.3. The maximum atomic E-state index is 7.36. The van der Waals surface area contributed by atoms with Crippen LogP contribution in [0.2, 0.25) is 118 Å². The summed E-state index contributed by atoms with van der Waals surface area (Å²) in [6.45, 7) is 63.9. The number of rotatable bonds is 12. The van der Waals surface area contributed by atoms with E-state index in [1.54, 1.807) is 21.9 Å². The lowest BCUT2D eigenvalue weighted by molar-refractivity contribution is 0.00578. The molecule has 2 aromatic carbocycles. The zero-order chi connectivity index (χ0) is 40.7. The summed E-state index contributed by atoms with van der Waals surface area (Å²) in [5.41, 5.74) is 8.56. The predicted octanol–water partition coefficient (Wildman–Crippen LogP) is 11.9. The van der Waals surface area contributed by atoms with Gasteiger partial charge in [-0.3, -0.25) is 0 Å². The third kappa shape index (κ3) is 9.72. The van der Waals surface area contributed by atoms with Crippen LogP contribution in [0.5, 0.6) is 0 Å². The highest BCUT2D eigenvalue weighted by molar-refractivity contribution is 7.30. The van der Waals surface area contributed by atoms with Gasteiger partial charge in [-0.2, -0.15) is 10.4 Å². The molecule has 0 spiro atoms. The maximum absolute atomic E-state index is 7.36. The topological polar surface area (TPSA) is 18.5 Å². The van der Waals surface area contributed by atoms with Crippen LogP contribution in [0, 0.1) is 20.8 Å². The Bertz CT molecular complexity index is 1480. The molecule has 0 saturated carbocycles. The molecule has 0 unspecified atom stereocenters. The van der Waals surface area contributed by atoms with E-state index in [9.17, 15) is 0 Å². The summed E-state index contributed by atoms with van der Waals surface area (Å²) in [6, 6.07) is 10.6. The van der Waals surface area contributed by atoms with Crippen molar-refractivity contribution in [2.24, 2.45) is 0 Å². The van der Waals surface area contributed by atoms with E-state index in [-0.39, 0.29) is 6.71 Å². The first-order valence-corrected chi connectivity index (χ1v) is 43.4. The van der Waals surface area contributed by atoms with Crippen molar-refractivity contribution in [2.45, 2.75) is 193 Å². The molecule has 2 aromatic rings. The monoisotopic (exact) mass is 825 g/mol. The molecule has 1 saturated heterocycles. The van der Waals surface area contributed by atoms with Crippen LogP contribution in [0.25, 0.3) is 0 Å². The summed E-state index contributed by atoms with van der Waals surface area (Å²) < 4.78 is 14.7. The van der Waals surface area contributed by atoms with Crippen LogP contribution in [0.1, 0.15) is 76.6 Å². The Hall–Kier alpha value is -0.0569. The third-order valence-corrected chi connectivity index (χ3v) is 43.1. The zero-order valence-corrected chi connectivity index (χ0v) is 45.9. The molecule has 3 rings (SSSR count). The average molecular weight is 827 g/mol. The summed E-state index contributed by atoms with van der Waals surface area (Å²) in [5.74, 6) is 0. The lowest BCUT2D eigenvalue weighted by Crippen LogP contribution is -2.63. The van der Waals surface area contributed by atoms with E-state index in [1.807, 2.05) is 0 Å². The van der Waals surface area contributed by atoms with Crippen LogP contribution in [0.3, 0.4) is 0 Å². The van der Waals surface area contributed by atoms with Gasteiger partial charge < -0.3 is 9.31 Å². The molecule has 0 aliphatic carbocycles. The molecular weight excluding hydrogens is 744 g/mol. The summed E-state index contributed by atoms with van der Waals surface area (Å²) in [6.07, 6.45) is 0. The molecule has 1 aliphatic rings. The van der Waals surface area contributed by atoms with Crippen LogP contribution in [0.4, 0.5) is 0 Å². The van der Waals surface area contributed by atoms with Crippen LogP contribution < -0.4 is 10.4 Å². The number of hydrogen-bond acceptors (Lipinski definition) is 2. The molecule has 0 amide bonds. The standard InChI is InChI=1S/C42H82BO2Si7/c1-30-26-31(2)36(32(3)27-30)46(43-44-41(4,5)42(6,7)45-43)37-34(39(49(14,15)16)50(17,18)19)28-33(38(47(8,9)10)48(11,12)13)29-35(37)40(51(20,21)22)52(23,24)25/h26-29,38-40H,1-25H3/q-1. The summed E-state index contributed by atoms with van der Waals surface area (Å²) >= 11 is 0. The first-order chi connectivity index (χ1) is 22.8. The Morgan fingerprint density at radius 1 is 0.462 bits per heavy atom. The molecule has 1 heterocycles. The minimum absolute atomic E-state index is 0.268. The normalized spacial score (nSPS) is 17.6. The molecule has 0 atom stereocenters. The average Bonchev–Trinajstić information content (AvgIpc) is 3.02. The van der Waals surface area contributed by atoms with Crippen LogP contribution in [-0.4, -0.2) is 75.0 Å². The Morgan fingerprint density at radius 2 is 0.750 bits per heavy atom. The van der Waals surface area contributed by atoms with Crippen LogP contribution >= 0.6 is 0 Å². The Morgan fingerprint density at radius 3 is 1.02 bits per heavy atom. The van der Waals surface area contributed by atoms with Crippen molar-refractivity contribution in [3.8, 4) is 0 Å². The Balaban J connectivity index is 2.89. The van der Waals surface area contributed by atoms with E-state index >= 15 is 0 Å². The lowest BCUT2D eigenvalue weighted by atomic mass is 9.90. The molecule has 52 heavy (non-hydrogen) atoms. The van der Waals surface area contributed by atoms with Gasteiger partial charge in [0.25, 0.3) is 6.71 Å². The van der Waals surface area contributed by atoms with E-state index in [4.69, 9.17) is 9.31 Å². The zero-order valence-electron chi connectivity index (χ0n) is 38.9. The van der Waals surface area contributed by atoms with Gasteiger partial charge in [0.2, 0.25) is 0 Å². The highest BCUT2D eigenvalue weighted by atomic mass is 28.4. The van der Waals surface area contributed by atoms with Crippen molar-refractivity contribution in [1.29, 1.82) is 0 Å². The maximum Gasteiger partial charge on any atom is 0.284 e. The summed E-state index contributed by atoms with van der Waals surface area (Å²) in [7, 11) is -11.7. The van der Waals surface area contributed by atoms with E-state index in [2.05, 4.69) is 191 Å². The van der Waals surface area contributed by atoms with E-state index in [1.165, 1.54) is 21.9 Å². The third-order valence-electron chi connectivity index (χ3n) is 12.1. The predicted molar refractivity (Wildman–Crippen MR) is 256 cm³/mol. The number of benzene rings is 2. The fourth-order valence-corrected chi connectivity index (χ4v) is 53.7. The molecular formula is C42H82BO2Si7-. The second-order valence-electron chi connectivity index (χ2n) is 24.3. The second kappa shape index (κ2) is 14.7. The summed E-state index contributed by atoms with van der Waals surface area (Å²) in [4.78, 5) is 0. The first kappa shape index (κ1) is 46.3. The number of hydrogen-bond donors (Lipinski definition) is 0. The molecule has 1 fully saturated rings. The van der Waals surface area contributed by atoms with Crippen molar-refractivity contribution < 1.29 is 9.31 Å². The fourth-order valence-electron chi connectivity index (χ4n) is 11.3. The largest absolute Gasteiger partial charge is 0.430 e. The Kier molecular flexibility index (Phi) is 13.1. The number of aryl methyl sites for hydroxylation is 3. The van der Waals surface area contributed by atoms with Crippen molar-refractivity contribution in [3.05, 3.63) is 57.6 Å². The minimum atomic E-state index is -1.73. The van der Waals surface area contributed by atoms with Crippen molar-refractivity contribution in [2.75, 3.05) is 0 Å². The van der Waals surface area contributed by atoms with Crippen molar-refractivity contribution in [1.82, 2.24) is 0 Å². The fraction of sp³-hybridized carbons (Fsp3) is 0.714. The van der Waals surface area contributed by atoms with E-state index in [0.717, 1.165) is 0 Å². The van der Waals surface area contributed by atoms with Gasteiger partial charge in [0, 0.05) is 48.4 Å². The molecule has 0 N–H and O–H groups in total. The molecule has 10 heteroatoms. The van der Waals surface area contributed by atoms with Gasteiger partial charge >= 0.3 is 0 Å². The van der Waals surface area contributed by atoms with Gasteiger partial charge in [0.15, 0.2) is 0 Å². The van der Waals surface area contributed by atoms with Crippen LogP contribution in [0.15, 0.2) is 24.3 Å². The molecule has 0 aromatic heterocycles. The van der Waals surface area contributed by atoms with Gasteiger partial charge in [-0.15, -0.1) is 0 Å². The van der Waals surface area contributed by atoms with Crippen molar-refractivity contribution in [3.63, 3.8) is 0 Å². The van der Waals surface area contributed by atoms with Gasteiger partial charge in [0.1, 0.15) is 0 Å². The van der Waals surface area contributed by atoms with Gasteiger partial charge in [-0.05, 0) is 69.5 Å². The van der Waals surface area contributed by atoms with E-state index in [0.29, 0.717) is 15.5 Å². The summed E-state index contributed by atoms with van der Waals surface area (Å²) in [5, 5.41) is 5.17. The Labute approximate surface area is 332 Å². The SMILES string of the molecule is Cc1cc(C)c([Si-](B2OC(C)(C)C(C)(C)O2)c2c(C([Si](C)(C)C)[Si](C)(C)C)cc(C([Si](C)(C)C)[Si](C)(C)C)cc2C([Si](C)(C)C)[Si](C)(C)C)c(C)c1. The highest BCUT2D eigenvalue weighted by Crippen LogP contribution is 2.45. The van der Waals surface area contributed by atoms with Crippen LogP contribution in [-0.2, 0) is 9.31 Å². The lowest BCUT2D eigenvalue weighted by Gasteiger charge is -2.51. The van der Waals surface area contributed by atoms with Gasteiger partial charge in [-0.1, -0.05) is 170 Å². The minimum Gasteiger partial charge on any atom is -0.430 e. The van der Waals surface area contributed by atoms with E-state index < -0.39 is 68.3 Å². The highest BCUT2D eigenvalue weighted by Gasteiger charge is 2.51. The van der Waals surface area contributed by atoms with Gasteiger partial charge in [-0.25, -0.2) is 8.67 Å². The molecule has 2 nitrogen and oxygen atoms in total. The molecule has 0 bridgehead atoms. The molecule has 294 valence electrons. The second-order valence-corrected chi connectivity index (χ2v) is 60.2.